The number of hydrogen-bond acceptors (Lipinski definition) is 4. The van der Waals surface area contributed by atoms with E-state index in [1.165, 1.54) is 6.08 Å². The average molecular weight is 481 g/mol. The maximum absolute atomic E-state index is 12.6. The molecule has 0 aromatic heterocycles. The third kappa shape index (κ3) is 6.76. The van der Waals surface area contributed by atoms with Gasteiger partial charge in [-0.15, -0.1) is 0 Å². The van der Waals surface area contributed by atoms with E-state index in [0.29, 0.717) is 36.0 Å². The van der Waals surface area contributed by atoms with Gasteiger partial charge in [0.25, 0.3) is 5.91 Å². The second kappa shape index (κ2) is 11.4. The smallest absolute Gasteiger partial charge is 0.266 e. The van der Waals surface area contributed by atoms with Crippen molar-refractivity contribution < 1.29 is 14.3 Å². The number of benzene rings is 3. The molecular formula is C26H22Cl2N2O3. The first-order valence-corrected chi connectivity index (χ1v) is 11.0. The zero-order chi connectivity index (χ0) is 23.8. The van der Waals surface area contributed by atoms with Crippen LogP contribution in [-0.4, -0.2) is 12.5 Å². The molecule has 3 aromatic carbocycles. The molecule has 5 nitrogen and oxygen atoms in total. The van der Waals surface area contributed by atoms with Gasteiger partial charge < -0.3 is 14.8 Å². The molecule has 0 heterocycles. The van der Waals surface area contributed by atoms with Gasteiger partial charge in [0.1, 0.15) is 24.0 Å². The van der Waals surface area contributed by atoms with Crippen molar-refractivity contribution in [2.75, 3.05) is 11.9 Å². The number of halogens is 2. The summed E-state index contributed by atoms with van der Waals surface area (Å²) in [5, 5.41) is 12.7. The lowest BCUT2D eigenvalue weighted by atomic mass is 10.1. The Labute approximate surface area is 203 Å². The van der Waals surface area contributed by atoms with Crippen LogP contribution in [0.5, 0.6) is 11.5 Å². The van der Waals surface area contributed by atoms with Gasteiger partial charge >= 0.3 is 0 Å². The summed E-state index contributed by atoms with van der Waals surface area (Å²) in [4.78, 5) is 12.6. The summed E-state index contributed by atoms with van der Waals surface area (Å²) in [6, 6.07) is 19.9. The average Bonchev–Trinajstić information content (AvgIpc) is 2.78. The van der Waals surface area contributed by atoms with Gasteiger partial charge in [0.2, 0.25) is 0 Å². The molecule has 0 unspecified atom stereocenters. The largest absolute Gasteiger partial charge is 0.494 e. The van der Waals surface area contributed by atoms with Crippen molar-refractivity contribution in [3.63, 3.8) is 0 Å². The number of nitrogens with one attached hydrogen (secondary N) is 1. The zero-order valence-corrected chi connectivity index (χ0v) is 19.7. The predicted molar refractivity (Wildman–Crippen MR) is 132 cm³/mol. The van der Waals surface area contributed by atoms with Crippen LogP contribution in [0.25, 0.3) is 6.08 Å². The third-order valence-electron chi connectivity index (χ3n) is 4.59. The second-order valence-electron chi connectivity index (χ2n) is 7.17. The molecule has 0 aliphatic rings. The monoisotopic (exact) mass is 480 g/mol. The summed E-state index contributed by atoms with van der Waals surface area (Å²) in [7, 11) is 0. The molecule has 0 radical (unpaired) electrons. The lowest BCUT2D eigenvalue weighted by Crippen LogP contribution is -2.13. The SMILES string of the molecule is CCOc1ccc(NC(=O)/C(C#N)=C\c2cc(Cl)c(OCc3cccc(C)c3)c(Cl)c2)cc1. The number of carbonyl (C=O) groups excluding carboxylic acids is 1. The molecule has 0 saturated heterocycles. The van der Waals surface area contributed by atoms with Crippen molar-refractivity contribution in [1.29, 1.82) is 5.26 Å². The van der Waals surface area contributed by atoms with Crippen LogP contribution in [0, 0.1) is 18.3 Å². The van der Waals surface area contributed by atoms with Crippen LogP contribution in [0.2, 0.25) is 10.0 Å². The summed E-state index contributed by atoms with van der Waals surface area (Å²) < 4.78 is 11.2. The van der Waals surface area contributed by atoms with E-state index in [2.05, 4.69) is 5.32 Å². The standard InChI is InChI=1S/C26H22Cl2N2O3/c1-3-32-22-9-7-21(8-10-22)30-26(31)20(15-29)12-19-13-23(27)25(24(28)14-19)33-16-18-6-4-5-17(2)11-18/h4-14H,3,16H2,1-2H3,(H,30,31)/b20-12-. The van der Waals surface area contributed by atoms with Gasteiger partial charge in [0.15, 0.2) is 5.75 Å². The van der Waals surface area contributed by atoms with E-state index in [1.54, 1.807) is 36.4 Å². The van der Waals surface area contributed by atoms with Gasteiger partial charge in [0.05, 0.1) is 16.7 Å². The lowest BCUT2D eigenvalue weighted by molar-refractivity contribution is -0.112. The van der Waals surface area contributed by atoms with Crippen molar-refractivity contribution in [1.82, 2.24) is 0 Å². The fourth-order valence-corrected chi connectivity index (χ4v) is 3.69. The molecule has 3 rings (SSSR count). The Morgan fingerprint density at radius 3 is 2.36 bits per heavy atom. The molecular weight excluding hydrogens is 459 g/mol. The minimum absolute atomic E-state index is 0.0931. The fourth-order valence-electron chi connectivity index (χ4n) is 3.07. The van der Waals surface area contributed by atoms with E-state index < -0.39 is 5.91 Å². The second-order valence-corrected chi connectivity index (χ2v) is 7.99. The van der Waals surface area contributed by atoms with E-state index >= 15 is 0 Å². The van der Waals surface area contributed by atoms with Crippen LogP contribution >= 0.6 is 23.2 Å². The van der Waals surface area contributed by atoms with E-state index in [0.717, 1.165) is 11.1 Å². The van der Waals surface area contributed by atoms with Crippen molar-refractivity contribution in [3.05, 3.63) is 93.0 Å². The summed E-state index contributed by atoms with van der Waals surface area (Å²) in [5.41, 5.74) is 3.07. The molecule has 168 valence electrons. The maximum Gasteiger partial charge on any atom is 0.266 e. The van der Waals surface area contributed by atoms with Gasteiger partial charge in [-0.1, -0.05) is 53.0 Å². The van der Waals surface area contributed by atoms with Crippen LogP contribution in [0.15, 0.2) is 66.2 Å². The molecule has 1 N–H and O–H groups in total. The van der Waals surface area contributed by atoms with Crippen LogP contribution in [-0.2, 0) is 11.4 Å². The minimum Gasteiger partial charge on any atom is -0.494 e. The highest BCUT2D eigenvalue weighted by Crippen LogP contribution is 2.35. The quantitative estimate of drug-likeness (QED) is 0.283. The minimum atomic E-state index is -0.548. The van der Waals surface area contributed by atoms with Crippen LogP contribution in [0.1, 0.15) is 23.6 Å². The van der Waals surface area contributed by atoms with Crippen LogP contribution in [0.4, 0.5) is 5.69 Å². The summed E-state index contributed by atoms with van der Waals surface area (Å²) in [5.74, 6) is 0.489. The molecule has 7 heteroatoms. The first kappa shape index (κ1) is 24.2. The molecule has 0 atom stereocenters. The number of aryl methyl sites for hydroxylation is 1. The Kier molecular flexibility index (Phi) is 8.37. The summed E-state index contributed by atoms with van der Waals surface area (Å²) in [6.07, 6.45) is 1.42. The Balaban J connectivity index is 1.73. The summed E-state index contributed by atoms with van der Waals surface area (Å²) >= 11 is 12.7. The van der Waals surface area contributed by atoms with Crippen molar-refractivity contribution in [3.8, 4) is 17.6 Å². The highest BCUT2D eigenvalue weighted by atomic mass is 35.5. The van der Waals surface area contributed by atoms with Gasteiger partial charge in [-0.3, -0.25) is 4.79 Å². The predicted octanol–water partition coefficient (Wildman–Crippen LogP) is 6.83. The first-order valence-electron chi connectivity index (χ1n) is 10.2. The molecule has 33 heavy (non-hydrogen) atoms. The van der Waals surface area contributed by atoms with Gasteiger partial charge in [-0.25, -0.2) is 0 Å². The number of anilines is 1. The Morgan fingerprint density at radius 1 is 1.06 bits per heavy atom. The molecule has 1 amide bonds. The number of hydrogen-bond donors (Lipinski definition) is 1. The molecule has 0 aliphatic carbocycles. The van der Waals surface area contributed by atoms with Gasteiger partial charge in [0, 0.05) is 5.69 Å². The van der Waals surface area contributed by atoms with Gasteiger partial charge in [-0.2, -0.15) is 5.26 Å². The van der Waals surface area contributed by atoms with Gasteiger partial charge in [-0.05, 0) is 67.4 Å². The van der Waals surface area contributed by atoms with Crippen LogP contribution in [0.3, 0.4) is 0 Å². The number of carbonyl (C=O) groups is 1. The summed E-state index contributed by atoms with van der Waals surface area (Å²) in [6.45, 7) is 4.75. The van der Waals surface area contributed by atoms with Crippen LogP contribution < -0.4 is 14.8 Å². The highest BCUT2D eigenvalue weighted by Gasteiger charge is 2.13. The van der Waals surface area contributed by atoms with E-state index in [9.17, 15) is 10.1 Å². The van der Waals surface area contributed by atoms with E-state index in [4.69, 9.17) is 32.7 Å². The molecule has 0 fully saturated rings. The van der Waals surface area contributed by atoms with E-state index in [-0.39, 0.29) is 15.6 Å². The Bertz CT molecular complexity index is 1190. The number of nitrogens with zero attached hydrogens (tertiary/aromatic N) is 1. The van der Waals surface area contributed by atoms with Crippen molar-refractivity contribution in [2.24, 2.45) is 0 Å². The van der Waals surface area contributed by atoms with Crippen molar-refractivity contribution in [2.45, 2.75) is 20.5 Å². The molecule has 0 spiro atoms. The molecule has 0 bridgehead atoms. The highest BCUT2D eigenvalue weighted by molar-refractivity contribution is 6.37. The maximum atomic E-state index is 12.6. The normalized spacial score (nSPS) is 10.9. The topological polar surface area (TPSA) is 71.3 Å². The molecule has 3 aromatic rings. The van der Waals surface area contributed by atoms with Crippen molar-refractivity contribution >= 4 is 40.9 Å². The molecule has 0 saturated carbocycles. The Morgan fingerprint density at radius 2 is 1.76 bits per heavy atom. The zero-order valence-electron chi connectivity index (χ0n) is 18.2. The fraction of sp³-hybridized carbons (Fsp3) is 0.154. The third-order valence-corrected chi connectivity index (χ3v) is 5.15. The van der Waals surface area contributed by atoms with E-state index in [1.807, 2.05) is 44.2 Å². The number of rotatable bonds is 8. The lowest BCUT2D eigenvalue weighted by Gasteiger charge is -2.12. The number of ether oxygens (including phenoxy) is 2. The number of amides is 1. The first-order chi connectivity index (χ1) is 15.9. The molecule has 0 aliphatic heterocycles. The number of nitriles is 1. The Hall–Kier alpha value is -3.46.